The van der Waals surface area contributed by atoms with Crippen LogP contribution in [0.2, 0.25) is 0 Å². The number of thiazole rings is 1. The third-order valence-corrected chi connectivity index (χ3v) is 6.81. The van der Waals surface area contributed by atoms with E-state index in [2.05, 4.69) is 10.3 Å². The van der Waals surface area contributed by atoms with Crippen LogP contribution in [0.3, 0.4) is 0 Å². The smallest absolute Gasteiger partial charge is 0.251 e. The quantitative estimate of drug-likeness (QED) is 0.666. The van der Waals surface area contributed by atoms with E-state index in [0.29, 0.717) is 17.1 Å². The number of rotatable bonds is 6. The first-order valence-corrected chi connectivity index (χ1v) is 10.4. The van der Waals surface area contributed by atoms with Gasteiger partial charge in [-0.2, -0.15) is 0 Å². The number of nitrogens with one attached hydrogen (secondary N) is 1. The lowest BCUT2D eigenvalue weighted by Crippen LogP contribution is -2.30. The number of likely N-dealkylation sites (N-methyl/N-ethyl adjacent to an activating group) is 1. The number of hydrogen-bond acceptors (Lipinski definition) is 6. The van der Waals surface area contributed by atoms with Crippen LogP contribution in [0, 0.1) is 0 Å². The molecule has 0 fully saturated rings. The monoisotopic (exact) mass is 400 g/mol. The van der Waals surface area contributed by atoms with Gasteiger partial charge in [0.25, 0.3) is 5.91 Å². The molecule has 8 heteroatoms. The van der Waals surface area contributed by atoms with Crippen molar-refractivity contribution in [3.05, 3.63) is 45.3 Å². The van der Waals surface area contributed by atoms with Crippen LogP contribution in [0.4, 0.5) is 5.00 Å². The maximum atomic E-state index is 12.5. The number of fused-ring (bicyclic) bond motifs is 2. The number of nitrogens with zero attached hydrogens (tertiary/aromatic N) is 2. The van der Waals surface area contributed by atoms with Crippen molar-refractivity contribution in [2.45, 2.75) is 25.8 Å². The van der Waals surface area contributed by atoms with E-state index in [1.54, 1.807) is 11.3 Å². The molecule has 0 bridgehead atoms. The van der Waals surface area contributed by atoms with Gasteiger partial charge in [-0.25, -0.2) is 4.98 Å². The Balaban J connectivity index is 1.41. The third-order valence-electron chi connectivity index (χ3n) is 4.58. The normalized spacial score (nSPS) is 13.3. The number of nitrogens with two attached hydrogens (primary N) is 1. The summed E-state index contributed by atoms with van der Waals surface area (Å²) in [7, 11) is 1.88. The van der Waals surface area contributed by atoms with Gasteiger partial charge in [0.05, 0.1) is 28.9 Å². The lowest BCUT2D eigenvalue weighted by molar-refractivity contribution is -0.117. The zero-order valence-corrected chi connectivity index (χ0v) is 16.6. The molecule has 2 aromatic heterocycles. The Hall–Kier alpha value is -2.29. The van der Waals surface area contributed by atoms with Crippen LogP contribution in [0.5, 0.6) is 0 Å². The fraction of sp³-hybridized carbons (Fsp3) is 0.316. The van der Waals surface area contributed by atoms with Gasteiger partial charge < -0.3 is 11.1 Å². The van der Waals surface area contributed by atoms with Crippen LogP contribution in [-0.2, 0) is 24.2 Å². The minimum atomic E-state index is -0.465. The van der Waals surface area contributed by atoms with E-state index in [4.69, 9.17) is 5.73 Å². The van der Waals surface area contributed by atoms with Crippen LogP contribution < -0.4 is 11.1 Å². The van der Waals surface area contributed by atoms with Crippen LogP contribution in [-0.4, -0.2) is 35.3 Å². The average Bonchev–Trinajstić information content (AvgIpc) is 3.26. The maximum absolute atomic E-state index is 12.5. The molecule has 0 aliphatic heterocycles. The van der Waals surface area contributed by atoms with Crippen LogP contribution >= 0.6 is 22.7 Å². The fourth-order valence-electron chi connectivity index (χ4n) is 3.44. The largest absolute Gasteiger partial charge is 0.365 e. The number of anilines is 1. The highest BCUT2D eigenvalue weighted by atomic mass is 32.1. The fourth-order valence-corrected chi connectivity index (χ4v) is 5.80. The second kappa shape index (κ2) is 7.38. The molecule has 1 aromatic carbocycles. The molecule has 1 aliphatic carbocycles. The van der Waals surface area contributed by atoms with Gasteiger partial charge in [0.15, 0.2) is 0 Å². The number of thiophene rings is 1. The summed E-state index contributed by atoms with van der Waals surface area (Å²) in [5.41, 5.74) is 8.04. The first kappa shape index (κ1) is 18.1. The van der Waals surface area contributed by atoms with Gasteiger partial charge in [-0.15, -0.1) is 22.7 Å². The zero-order valence-electron chi connectivity index (χ0n) is 14.9. The summed E-state index contributed by atoms with van der Waals surface area (Å²) < 4.78 is 1.14. The molecule has 140 valence electrons. The van der Waals surface area contributed by atoms with E-state index in [9.17, 15) is 9.59 Å². The summed E-state index contributed by atoms with van der Waals surface area (Å²) in [6.07, 6.45) is 2.85. The Kier molecular flexibility index (Phi) is 4.94. The number of aryl methyl sites for hydroxylation is 1. The summed E-state index contributed by atoms with van der Waals surface area (Å²) >= 11 is 3.11. The Morgan fingerprint density at radius 2 is 2.07 bits per heavy atom. The average molecular weight is 401 g/mol. The number of carbonyl (C=O) groups is 2. The van der Waals surface area contributed by atoms with Crippen molar-refractivity contribution in [3.63, 3.8) is 0 Å². The number of hydrogen-bond donors (Lipinski definition) is 2. The number of aromatic nitrogens is 1. The van der Waals surface area contributed by atoms with E-state index in [-0.39, 0.29) is 12.5 Å². The number of amides is 2. The molecular formula is C19H20N4O2S2. The molecule has 27 heavy (non-hydrogen) atoms. The van der Waals surface area contributed by atoms with Gasteiger partial charge in [-0.05, 0) is 44.0 Å². The topological polar surface area (TPSA) is 88.3 Å². The van der Waals surface area contributed by atoms with Gasteiger partial charge in [0.1, 0.15) is 10.0 Å². The lowest BCUT2D eigenvalue weighted by Gasteiger charge is -2.14. The van der Waals surface area contributed by atoms with Gasteiger partial charge in [0, 0.05) is 4.88 Å². The Labute approximate surface area is 165 Å². The molecule has 0 atom stereocenters. The maximum Gasteiger partial charge on any atom is 0.251 e. The van der Waals surface area contributed by atoms with E-state index < -0.39 is 5.91 Å². The minimum absolute atomic E-state index is 0.152. The van der Waals surface area contributed by atoms with Crippen molar-refractivity contribution in [3.8, 4) is 0 Å². The molecule has 0 spiro atoms. The molecule has 4 rings (SSSR count). The summed E-state index contributed by atoms with van der Waals surface area (Å²) in [5, 5.41) is 4.44. The first-order chi connectivity index (χ1) is 13.0. The molecule has 0 radical (unpaired) electrons. The number of carbonyl (C=O) groups excluding carboxylic acids is 2. The van der Waals surface area contributed by atoms with Crippen LogP contribution in [0.25, 0.3) is 10.2 Å². The minimum Gasteiger partial charge on any atom is -0.365 e. The van der Waals surface area contributed by atoms with Gasteiger partial charge >= 0.3 is 0 Å². The van der Waals surface area contributed by atoms with Crippen molar-refractivity contribution in [1.82, 2.24) is 9.88 Å². The van der Waals surface area contributed by atoms with E-state index in [1.807, 2.05) is 36.2 Å². The molecule has 3 N–H and O–H groups in total. The third kappa shape index (κ3) is 3.73. The molecule has 2 amide bonds. The first-order valence-electron chi connectivity index (χ1n) is 8.78. The predicted molar refractivity (Wildman–Crippen MR) is 109 cm³/mol. The highest BCUT2D eigenvalue weighted by molar-refractivity contribution is 7.18. The van der Waals surface area contributed by atoms with Gasteiger partial charge in [-0.1, -0.05) is 12.1 Å². The standard InChI is InChI=1S/C19H20N4O2S2/c1-23(10-16-21-12-6-2-3-7-14(12)26-16)9-15(24)22-19-17(18(20)25)11-5-4-8-13(11)27-19/h2-3,6-7H,4-5,8-10H2,1H3,(H2,20,25)(H,22,24). The Bertz CT molecular complexity index is 991. The van der Waals surface area contributed by atoms with Gasteiger partial charge in [0.2, 0.25) is 5.91 Å². The highest BCUT2D eigenvalue weighted by Gasteiger charge is 2.26. The molecule has 0 saturated carbocycles. The van der Waals surface area contributed by atoms with Gasteiger partial charge in [-0.3, -0.25) is 14.5 Å². The van der Waals surface area contributed by atoms with Crippen molar-refractivity contribution in [1.29, 1.82) is 0 Å². The Morgan fingerprint density at radius 1 is 1.26 bits per heavy atom. The van der Waals surface area contributed by atoms with E-state index in [0.717, 1.165) is 40.1 Å². The predicted octanol–water partition coefficient (Wildman–Crippen LogP) is 3.02. The molecule has 1 aliphatic rings. The van der Waals surface area contributed by atoms with E-state index in [1.165, 1.54) is 16.2 Å². The molecular weight excluding hydrogens is 380 g/mol. The summed E-state index contributed by atoms with van der Waals surface area (Å²) in [4.78, 5) is 32.0. The lowest BCUT2D eigenvalue weighted by atomic mass is 10.1. The molecule has 0 unspecified atom stereocenters. The Morgan fingerprint density at radius 3 is 2.85 bits per heavy atom. The highest BCUT2D eigenvalue weighted by Crippen LogP contribution is 2.38. The SMILES string of the molecule is CN(CC(=O)Nc1sc2c(c1C(N)=O)CCC2)Cc1nc2ccccc2s1. The van der Waals surface area contributed by atoms with Crippen molar-refractivity contribution < 1.29 is 9.59 Å². The van der Waals surface area contributed by atoms with Crippen molar-refractivity contribution in [2.24, 2.45) is 5.73 Å². The van der Waals surface area contributed by atoms with Crippen molar-refractivity contribution >= 4 is 49.7 Å². The van der Waals surface area contributed by atoms with E-state index >= 15 is 0 Å². The summed E-state index contributed by atoms with van der Waals surface area (Å²) in [6, 6.07) is 8.00. The molecule has 3 aromatic rings. The van der Waals surface area contributed by atoms with Crippen LogP contribution in [0.1, 0.15) is 32.2 Å². The number of primary amides is 1. The zero-order chi connectivity index (χ0) is 19.0. The molecule has 6 nitrogen and oxygen atoms in total. The number of benzene rings is 1. The molecule has 0 saturated heterocycles. The second-order valence-corrected chi connectivity index (χ2v) is 8.94. The second-order valence-electron chi connectivity index (χ2n) is 6.72. The summed E-state index contributed by atoms with van der Waals surface area (Å²) in [6.45, 7) is 0.813. The van der Waals surface area contributed by atoms with Crippen molar-refractivity contribution in [2.75, 3.05) is 18.9 Å². The summed E-state index contributed by atoms with van der Waals surface area (Å²) in [5.74, 6) is -0.617. The molecule has 2 heterocycles. The van der Waals surface area contributed by atoms with Crippen LogP contribution in [0.15, 0.2) is 24.3 Å². The number of para-hydroxylation sites is 1.